The molecular weight excluding hydrogens is 398 g/mol. The number of halogens is 1. The van der Waals surface area contributed by atoms with Gasteiger partial charge in [-0.25, -0.2) is 0 Å². The second kappa shape index (κ2) is 8.66. The van der Waals surface area contributed by atoms with Crippen LogP contribution >= 0.6 is 11.6 Å². The van der Waals surface area contributed by atoms with Gasteiger partial charge in [0.1, 0.15) is 18.1 Å². The Labute approximate surface area is 184 Å². The van der Waals surface area contributed by atoms with Crippen LogP contribution in [0.2, 0.25) is 5.02 Å². The maximum Gasteiger partial charge on any atom is 0.287 e. The van der Waals surface area contributed by atoms with Crippen LogP contribution in [0.1, 0.15) is 79.8 Å². The number of aryl methyl sites for hydroxylation is 1. The highest BCUT2D eigenvalue weighted by atomic mass is 35.5. The Morgan fingerprint density at radius 1 is 1.23 bits per heavy atom. The first-order chi connectivity index (χ1) is 14.3. The fourth-order valence-electron chi connectivity index (χ4n) is 5.26. The van der Waals surface area contributed by atoms with Gasteiger partial charge in [-0.1, -0.05) is 31.9 Å². The Kier molecular flexibility index (Phi) is 6.15. The molecule has 2 aromatic rings. The fraction of sp³-hybridized carbons (Fsp3) is 0.560. The standard InChI is InChI=1S/C25H32ClNO3/c1-14(2)20-12-22(26)15(3)9-24(20)29-13-19-7-8-23(30-19)25(28)27-16(4)21-11-17-5-6-18(21)10-17/h7-9,12,14,16-18,21H,5-6,10-11,13H2,1-4H3,(H,27,28). The molecule has 1 aromatic heterocycles. The maximum atomic E-state index is 12.7. The number of hydrogen-bond donors (Lipinski definition) is 1. The highest BCUT2D eigenvalue weighted by molar-refractivity contribution is 6.31. The van der Waals surface area contributed by atoms with Crippen molar-refractivity contribution in [2.45, 2.75) is 71.9 Å². The van der Waals surface area contributed by atoms with Crippen molar-refractivity contribution in [3.8, 4) is 5.75 Å². The maximum absolute atomic E-state index is 12.7. The van der Waals surface area contributed by atoms with Gasteiger partial charge in [0.2, 0.25) is 0 Å². The largest absolute Gasteiger partial charge is 0.485 e. The summed E-state index contributed by atoms with van der Waals surface area (Å²) in [7, 11) is 0. The molecule has 2 aliphatic carbocycles. The van der Waals surface area contributed by atoms with Crippen LogP contribution in [-0.2, 0) is 6.61 Å². The summed E-state index contributed by atoms with van der Waals surface area (Å²) in [5.74, 6) is 4.20. The normalized spacial score (nSPS) is 23.7. The van der Waals surface area contributed by atoms with E-state index in [1.165, 1.54) is 25.7 Å². The monoisotopic (exact) mass is 429 g/mol. The second-order valence-corrected chi connectivity index (χ2v) is 9.86. The first-order valence-corrected chi connectivity index (χ1v) is 11.5. The Morgan fingerprint density at radius 2 is 2.03 bits per heavy atom. The number of furan rings is 1. The molecule has 1 N–H and O–H groups in total. The number of carbonyl (C=O) groups is 1. The minimum atomic E-state index is -0.137. The molecule has 2 aliphatic rings. The zero-order valence-electron chi connectivity index (χ0n) is 18.3. The van der Waals surface area contributed by atoms with Crippen LogP contribution in [0.5, 0.6) is 5.75 Å². The summed E-state index contributed by atoms with van der Waals surface area (Å²) in [5.41, 5.74) is 2.04. The number of carbonyl (C=O) groups excluding carboxylic acids is 1. The molecule has 30 heavy (non-hydrogen) atoms. The Hall–Kier alpha value is -1.94. The summed E-state index contributed by atoms with van der Waals surface area (Å²) in [6.07, 6.45) is 5.28. The van der Waals surface area contributed by atoms with E-state index in [1.54, 1.807) is 6.07 Å². The predicted molar refractivity (Wildman–Crippen MR) is 119 cm³/mol. The molecule has 1 amide bonds. The molecule has 4 unspecified atom stereocenters. The highest BCUT2D eigenvalue weighted by Crippen LogP contribution is 2.49. The van der Waals surface area contributed by atoms with Crippen LogP contribution in [0.4, 0.5) is 0 Å². The topological polar surface area (TPSA) is 51.5 Å². The van der Waals surface area contributed by atoms with Crippen molar-refractivity contribution >= 4 is 17.5 Å². The van der Waals surface area contributed by atoms with Gasteiger partial charge in [-0.15, -0.1) is 0 Å². The van der Waals surface area contributed by atoms with Gasteiger partial charge in [0, 0.05) is 11.1 Å². The van der Waals surface area contributed by atoms with Crippen LogP contribution in [0.3, 0.4) is 0 Å². The molecule has 2 saturated carbocycles. The van der Waals surface area contributed by atoms with Gasteiger partial charge in [0.15, 0.2) is 5.76 Å². The van der Waals surface area contributed by atoms with Crippen molar-refractivity contribution in [1.29, 1.82) is 0 Å². The molecule has 0 radical (unpaired) electrons. The number of rotatable bonds is 7. The fourth-order valence-corrected chi connectivity index (χ4v) is 5.44. The van der Waals surface area contributed by atoms with Crippen molar-refractivity contribution in [1.82, 2.24) is 5.32 Å². The van der Waals surface area contributed by atoms with Gasteiger partial charge in [0.25, 0.3) is 5.91 Å². The van der Waals surface area contributed by atoms with Crippen LogP contribution in [-0.4, -0.2) is 11.9 Å². The lowest BCUT2D eigenvalue weighted by Gasteiger charge is -2.28. The molecule has 162 valence electrons. The smallest absolute Gasteiger partial charge is 0.287 e. The third-order valence-electron chi connectivity index (χ3n) is 6.96. The van der Waals surface area contributed by atoms with E-state index in [-0.39, 0.29) is 18.6 Å². The number of benzene rings is 1. The number of fused-ring (bicyclic) bond motifs is 2. The van der Waals surface area contributed by atoms with Crippen LogP contribution in [0, 0.1) is 24.7 Å². The third kappa shape index (κ3) is 4.39. The van der Waals surface area contributed by atoms with Gasteiger partial charge in [-0.3, -0.25) is 4.79 Å². The second-order valence-electron chi connectivity index (χ2n) is 9.45. The molecule has 0 aliphatic heterocycles. The average Bonchev–Trinajstić information content (AvgIpc) is 3.45. The van der Waals surface area contributed by atoms with E-state index in [2.05, 4.69) is 26.1 Å². The zero-order valence-corrected chi connectivity index (χ0v) is 19.1. The number of hydrogen-bond acceptors (Lipinski definition) is 3. The van der Waals surface area contributed by atoms with Crippen molar-refractivity contribution in [2.24, 2.45) is 17.8 Å². The molecule has 0 saturated heterocycles. The van der Waals surface area contributed by atoms with Gasteiger partial charge in [0.05, 0.1) is 0 Å². The van der Waals surface area contributed by atoms with Crippen molar-refractivity contribution < 1.29 is 13.9 Å². The van der Waals surface area contributed by atoms with Crippen molar-refractivity contribution in [3.05, 3.63) is 51.9 Å². The van der Waals surface area contributed by atoms with Crippen molar-refractivity contribution in [2.75, 3.05) is 0 Å². The lowest BCUT2D eigenvalue weighted by molar-refractivity contribution is 0.0883. The minimum Gasteiger partial charge on any atom is -0.485 e. The molecule has 2 bridgehead atoms. The Balaban J connectivity index is 1.36. The molecule has 1 aromatic carbocycles. The number of amides is 1. The zero-order chi connectivity index (χ0) is 21.4. The van der Waals surface area contributed by atoms with E-state index in [1.807, 2.05) is 25.1 Å². The molecule has 4 rings (SSSR count). The third-order valence-corrected chi connectivity index (χ3v) is 7.37. The number of ether oxygens (including phenoxy) is 1. The van der Waals surface area contributed by atoms with Crippen LogP contribution < -0.4 is 10.1 Å². The lowest BCUT2D eigenvalue weighted by atomic mass is 9.84. The summed E-state index contributed by atoms with van der Waals surface area (Å²) in [4.78, 5) is 12.7. The summed E-state index contributed by atoms with van der Waals surface area (Å²) in [5, 5.41) is 3.90. The Morgan fingerprint density at radius 3 is 2.70 bits per heavy atom. The predicted octanol–water partition coefficient (Wildman–Crippen LogP) is 6.50. The highest BCUT2D eigenvalue weighted by Gasteiger charge is 2.42. The van der Waals surface area contributed by atoms with E-state index in [9.17, 15) is 4.79 Å². The van der Waals surface area contributed by atoms with Gasteiger partial charge < -0.3 is 14.5 Å². The summed E-state index contributed by atoms with van der Waals surface area (Å²) in [6, 6.07) is 7.66. The average molecular weight is 430 g/mol. The van der Waals surface area contributed by atoms with E-state index >= 15 is 0 Å². The lowest BCUT2D eigenvalue weighted by Crippen LogP contribution is -2.40. The van der Waals surface area contributed by atoms with E-state index in [0.717, 1.165) is 33.7 Å². The quantitative estimate of drug-likeness (QED) is 0.546. The first kappa shape index (κ1) is 21.3. The molecule has 5 heteroatoms. The molecule has 4 atom stereocenters. The first-order valence-electron chi connectivity index (χ1n) is 11.1. The van der Waals surface area contributed by atoms with Gasteiger partial charge in [-0.2, -0.15) is 0 Å². The van der Waals surface area contributed by atoms with Gasteiger partial charge >= 0.3 is 0 Å². The summed E-state index contributed by atoms with van der Waals surface area (Å²) < 4.78 is 11.8. The van der Waals surface area contributed by atoms with Crippen LogP contribution in [0.25, 0.3) is 0 Å². The van der Waals surface area contributed by atoms with Crippen LogP contribution in [0.15, 0.2) is 28.7 Å². The molecular formula is C25H32ClNO3. The molecule has 1 heterocycles. The van der Waals surface area contributed by atoms with E-state index < -0.39 is 0 Å². The minimum absolute atomic E-state index is 0.137. The molecule has 4 nitrogen and oxygen atoms in total. The van der Waals surface area contributed by atoms with Crippen molar-refractivity contribution in [3.63, 3.8) is 0 Å². The number of nitrogens with one attached hydrogen (secondary N) is 1. The summed E-state index contributed by atoms with van der Waals surface area (Å²) in [6.45, 7) is 8.59. The van der Waals surface area contributed by atoms with E-state index in [4.69, 9.17) is 20.8 Å². The molecule has 0 spiro atoms. The Bertz CT molecular complexity index is 919. The van der Waals surface area contributed by atoms with E-state index in [0.29, 0.717) is 23.4 Å². The SMILES string of the molecule is Cc1cc(OCc2ccc(C(=O)NC(C)C3CC4CCC3C4)o2)c(C(C)C)cc1Cl. The molecule has 2 fully saturated rings. The summed E-state index contributed by atoms with van der Waals surface area (Å²) >= 11 is 6.28. The van der Waals surface area contributed by atoms with Gasteiger partial charge in [-0.05, 0) is 92.2 Å².